The number of ether oxygens (including phenoxy) is 1. The number of amides is 1. The molecule has 0 aliphatic carbocycles. The molecule has 0 radical (unpaired) electrons. The largest absolute Gasteiger partial charge is 0.444 e. The molecule has 132 valence electrons. The van der Waals surface area contributed by atoms with Gasteiger partial charge in [0, 0.05) is 26.2 Å². The zero-order chi connectivity index (χ0) is 17.7. The van der Waals surface area contributed by atoms with Crippen molar-refractivity contribution in [3.05, 3.63) is 46.5 Å². The summed E-state index contributed by atoms with van der Waals surface area (Å²) in [6, 6.07) is 6.56. The maximum absolute atomic E-state index is 12.0. The predicted molar refractivity (Wildman–Crippen MR) is 98.1 cm³/mol. The summed E-state index contributed by atoms with van der Waals surface area (Å²) in [5.41, 5.74) is 4.89. The molecular weight excluding hydrogens is 300 g/mol. The number of carbonyl (C=O) groups excluding carboxylic acids is 1. The summed E-state index contributed by atoms with van der Waals surface area (Å²) < 4.78 is 5.42. The van der Waals surface area contributed by atoms with Gasteiger partial charge in [-0.2, -0.15) is 0 Å². The number of aryl methyl sites for hydroxylation is 2. The molecule has 0 spiro atoms. The fourth-order valence-corrected chi connectivity index (χ4v) is 2.77. The number of hydrogen-bond donors (Lipinski definition) is 1. The molecule has 0 fully saturated rings. The Bertz CT molecular complexity index is 615. The van der Waals surface area contributed by atoms with E-state index in [1.165, 1.54) is 22.3 Å². The van der Waals surface area contributed by atoms with Crippen LogP contribution in [0.2, 0.25) is 0 Å². The highest BCUT2D eigenvalue weighted by atomic mass is 16.6. The van der Waals surface area contributed by atoms with E-state index in [1.54, 1.807) is 4.90 Å². The summed E-state index contributed by atoms with van der Waals surface area (Å²) in [5.74, 6) is 0. The number of benzene rings is 1. The molecule has 1 heterocycles. The minimum Gasteiger partial charge on any atom is -0.444 e. The molecule has 0 bridgehead atoms. The third kappa shape index (κ3) is 5.68. The molecule has 4 heteroatoms. The van der Waals surface area contributed by atoms with E-state index in [-0.39, 0.29) is 6.09 Å². The van der Waals surface area contributed by atoms with Gasteiger partial charge in [-0.3, -0.25) is 0 Å². The van der Waals surface area contributed by atoms with Crippen LogP contribution >= 0.6 is 0 Å². The first-order valence-electron chi connectivity index (χ1n) is 8.67. The molecule has 0 atom stereocenters. The standard InChI is InChI=1S/C20H30N2O2/c1-15-6-7-18(16(2)12-15)14-21-13-17-8-10-22(11-9-17)19(23)24-20(3,4)5/h6-8,12,21H,9-11,13-14H2,1-5H3. The second-order valence-corrected chi connectivity index (χ2v) is 7.57. The van der Waals surface area contributed by atoms with Gasteiger partial charge in [0.25, 0.3) is 0 Å². The van der Waals surface area contributed by atoms with E-state index in [1.807, 2.05) is 20.8 Å². The Morgan fingerprint density at radius 1 is 1.25 bits per heavy atom. The van der Waals surface area contributed by atoms with Crippen LogP contribution in [-0.2, 0) is 11.3 Å². The lowest BCUT2D eigenvalue weighted by molar-refractivity contribution is 0.0265. The number of carbonyl (C=O) groups is 1. The van der Waals surface area contributed by atoms with E-state index in [4.69, 9.17) is 4.74 Å². The van der Waals surface area contributed by atoms with Gasteiger partial charge < -0.3 is 15.0 Å². The molecule has 1 amide bonds. The Hall–Kier alpha value is -1.81. The van der Waals surface area contributed by atoms with Crippen molar-refractivity contribution in [3.63, 3.8) is 0 Å². The lowest BCUT2D eigenvalue weighted by Gasteiger charge is -2.29. The van der Waals surface area contributed by atoms with Crippen molar-refractivity contribution >= 4 is 6.09 Å². The van der Waals surface area contributed by atoms with Crippen molar-refractivity contribution in [1.29, 1.82) is 0 Å². The van der Waals surface area contributed by atoms with Crippen molar-refractivity contribution in [2.24, 2.45) is 0 Å². The smallest absolute Gasteiger partial charge is 0.410 e. The van der Waals surface area contributed by atoms with Gasteiger partial charge in [0.1, 0.15) is 5.60 Å². The molecule has 24 heavy (non-hydrogen) atoms. The molecule has 1 aliphatic heterocycles. The van der Waals surface area contributed by atoms with Crippen LogP contribution in [0.25, 0.3) is 0 Å². The van der Waals surface area contributed by atoms with Crippen LogP contribution in [0.1, 0.15) is 43.9 Å². The first-order valence-corrected chi connectivity index (χ1v) is 8.67. The second-order valence-electron chi connectivity index (χ2n) is 7.57. The van der Waals surface area contributed by atoms with Crippen LogP contribution in [0.15, 0.2) is 29.8 Å². The predicted octanol–water partition coefficient (Wildman–Crippen LogP) is 3.96. The number of nitrogens with zero attached hydrogens (tertiary/aromatic N) is 1. The SMILES string of the molecule is Cc1ccc(CNCC2=CCN(C(=O)OC(C)(C)C)CC2)c(C)c1. The van der Waals surface area contributed by atoms with Crippen LogP contribution in [0.3, 0.4) is 0 Å². The van der Waals surface area contributed by atoms with Gasteiger partial charge in [-0.15, -0.1) is 0 Å². The number of hydrogen-bond acceptors (Lipinski definition) is 3. The summed E-state index contributed by atoms with van der Waals surface area (Å²) in [6.07, 6.45) is 2.82. The highest BCUT2D eigenvalue weighted by Crippen LogP contribution is 2.15. The van der Waals surface area contributed by atoms with Gasteiger partial charge in [-0.1, -0.05) is 35.4 Å². The summed E-state index contributed by atoms with van der Waals surface area (Å²) >= 11 is 0. The van der Waals surface area contributed by atoms with Crippen molar-refractivity contribution in [2.75, 3.05) is 19.6 Å². The Kier molecular flexibility index (Phi) is 6.05. The van der Waals surface area contributed by atoms with Gasteiger partial charge >= 0.3 is 6.09 Å². The molecule has 2 rings (SSSR count). The molecule has 1 aromatic rings. The first-order chi connectivity index (χ1) is 11.2. The normalized spacial score (nSPS) is 15.2. The summed E-state index contributed by atoms with van der Waals surface area (Å²) in [7, 11) is 0. The minimum absolute atomic E-state index is 0.221. The van der Waals surface area contributed by atoms with Gasteiger partial charge in [-0.05, 0) is 52.2 Å². The molecule has 0 saturated heterocycles. The fourth-order valence-electron chi connectivity index (χ4n) is 2.77. The second kappa shape index (κ2) is 7.84. The quantitative estimate of drug-likeness (QED) is 0.850. The third-order valence-corrected chi connectivity index (χ3v) is 4.12. The number of rotatable bonds is 4. The molecule has 0 saturated carbocycles. The fraction of sp³-hybridized carbons (Fsp3) is 0.550. The molecule has 1 aliphatic rings. The highest BCUT2D eigenvalue weighted by Gasteiger charge is 2.23. The molecular formula is C20H30N2O2. The van der Waals surface area contributed by atoms with Gasteiger partial charge in [0.05, 0.1) is 0 Å². The van der Waals surface area contributed by atoms with E-state index in [2.05, 4.69) is 43.4 Å². The van der Waals surface area contributed by atoms with Crippen LogP contribution in [0.4, 0.5) is 4.79 Å². The lowest BCUT2D eigenvalue weighted by atomic mass is 10.1. The third-order valence-electron chi connectivity index (χ3n) is 4.12. The number of nitrogens with one attached hydrogen (secondary N) is 1. The maximum atomic E-state index is 12.0. The molecule has 0 aromatic heterocycles. The van der Waals surface area contributed by atoms with Gasteiger partial charge in [-0.25, -0.2) is 4.79 Å². The zero-order valence-electron chi connectivity index (χ0n) is 15.6. The highest BCUT2D eigenvalue weighted by molar-refractivity contribution is 5.68. The van der Waals surface area contributed by atoms with Crippen LogP contribution in [-0.4, -0.2) is 36.2 Å². The van der Waals surface area contributed by atoms with Crippen LogP contribution in [0.5, 0.6) is 0 Å². The Balaban J connectivity index is 1.78. The van der Waals surface area contributed by atoms with Crippen LogP contribution in [0, 0.1) is 13.8 Å². The average molecular weight is 330 g/mol. The molecule has 0 unspecified atom stereocenters. The Morgan fingerprint density at radius 2 is 2.00 bits per heavy atom. The van der Waals surface area contributed by atoms with Crippen molar-refractivity contribution < 1.29 is 9.53 Å². The minimum atomic E-state index is -0.436. The van der Waals surface area contributed by atoms with Crippen molar-refractivity contribution in [3.8, 4) is 0 Å². The summed E-state index contributed by atoms with van der Waals surface area (Å²) in [5, 5.41) is 3.51. The average Bonchev–Trinajstić information content (AvgIpc) is 2.48. The van der Waals surface area contributed by atoms with E-state index in [0.29, 0.717) is 6.54 Å². The molecule has 1 aromatic carbocycles. The van der Waals surface area contributed by atoms with E-state index < -0.39 is 5.60 Å². The Labute approximate surface area is 145 Å². The maximum Gasteiger partial charge on any atom is 0.410 e. The monoisotopic (exact) mass is 330 g/mol. The van der Waals surface area contributed by atoms with E-state index in [9.17, 15) is 4.79 Å². The zero-order valence-corrected chi connectivity index (χ0v) is 15.6. The Morgan fingerprint density at radius 3 is 2.58 bits per heavy atom. The lowest BCUT2D eigenvalue weighted by Crippen LogP contribution is -2.39. The molecule has 4 nitrogen and oxygen atoms in total. The summed E-state index contributed by atoms with van der Waals surface area (Å²) in [4.78, 5) is 13.8. The molecule has 1 N–H and O–H groups in total. The van der Waals surface area contributed by atoms with Gasteiger partial charge in [0.15, 0.2) is 0 Å². The van der Waals surface area contributed by atoms with Crippen molar-refractivity contribution in [1.82, 2.24) is 10.2 Å². The summed E-state index contributed by atoms with van der Waals surface area (Å²) in [6.45, 7) is 13.1. The topological polar surface area (TPSA) is 41.6 Å². The van der Waals surface area contributed by atoms with Gasteiger partial charge in [0.2, 0.25) is 0 Å². The first kappa shape index (κ1) is 18.5. The van der Waals surface area contributed by atoms with Crippen LogP contribution < -0.4 is 5.32 Å². The van der Waals surface area contributed by atoms with E-state index >= 15 is 0 Å². The van der Waals surface area contributed by atoms with Crippen molar-refractivity contribution in [2.45, 2.75) is 53.2 Å². The van der Waals surface area contributed by atoms with E-state index in [0.717, 1.165) is 26.1 Å².